The molecule has 0 aliphatic carbocycles. The lowest BCUT2D eigenvalue weighted by molar-refractivity contribution is 0.0988. The summed E-state index contributed by atoms with van der Waals surface area (Å²) in [5, 5.41) is 4.27. The van der Waals surface area contributed by atoms with Gasteiger partial charge < -0.3 is 5.73 Å². The molecule has 72 valence electrons. The van der Waals surface area contributed by atoms with E-state index in [4.69, 9.17) is 5.73 Å². The molecule has 4 heteroatoms. The van der Waals surface area contributed by atoms with Crippen molar-refractivity contribution in [3.8, 4) is 0 Å². The number of aromatic nitrogens is 2. The monoisotopic (exact) mass is 181 g/mol. The van der Waals surface area contributed by atoms with Crippen molar-refractivity contribution >= 4 is 5.91 Å². The van der Waals surface area contributed by atoms with Gasteiger partial charge in [-0.15, -0.1) is 0 Å². The third kappa shape index (κ3) is 1.88. The quantitative estimate of drug-likeness (QED) is 0.759. The second kappa shape index (κ2) is 3.60. The van der Waals surface area contributed by atoms with Crippen molar-refractivity contribution in [2.75, 3.05) is 0 Å². The maximum Gasteiger partial charge on any atom is 0.266 e. The van der Waals surface area contributed by atoms with Crippen LogP contribution in [-0.2, 0) is 6.42 Å². The Hall–Kier alpha value is -1.32. The van der Waals surface area contributed by atoms with E-state index in [2.05, 4.69) is 5.10 Å². The zero-order chi connectivity index (χ0) is 10.0. The maximum atomic E-state index is 11.0. The van der Waals surface area contributed by atoms with Gasteiger partial charge in [-0.3, -0.25) is 9.48 Å². The second-order valence-electron chi connectivity index (χ2n) is 3.28. The molecule has 4 nitrogen and oxygen atoms in total. The summed E-state index contributed by atoms with van der Waals surface area (Å²) in [6.07, 6.45) is 0.819. The Labute approximate surface area is 77.7 Å². The average molecular weight is 181 g/mol. The van der Waals surface area contributed by atoms with E-state index in [-0.39, 0.29) is 6.04 Å². The highest BCUT2D eigenvalue weighted by Crippen LogP contribution is 2.10. The van der Waals surface area contributed by atoms with E-state index in [0.29, 0.717) is 5.69 Å². The van der Waals surface area contributed by atoms with E-state index in [1.807, 2.05) is 20.8 Å². The Morgan fingerprint density at radius 3 is 2.62 bits per heavy atom. The summed E-state index contributed by atoms with van der Waals surface area (Å²) < 4.78 is 1.67. The molecule has 0 aliphatic rings. The van der Waals surface area contributed by atoms with E-state index in [1.165, 1.54) is 0 Å². The summed E-state index contributed by atoms with van der Waals surface area (Å²) in [4.78, 5) is 11.0. The largest absolute Gasteiger partial charge is 0.364 e. The number of primary amides is 1. The zero-order valence-electron chi connectivity index (χ0n) is 8.24. The van der Waals surface area contributed by atoms with Crippen LogP contribution < -0.4 is 5.73 Å². The van der Waals surface area contributed by atoms with Crippen LogP contribution in [0.4, 0.5) is 0 Å². The molecule has 0 radical (unpaired) electrons. The fraction of sp³-hybridized carbons (Fsp3) is 0.556. The summed E-state index contributed by atoms with van der Waals surface area (Å²) in [6, 6.07) is 1.92. The van der Waals surface area contributed by atoms with Crippen LogP contribution in [-0.4, -0.2) is 15.7 Å². The summed E-state index contributed by atoms with van der Waals surface area (Å²) in [5.41, 5.74) is 6.62. The SMILES string of the molecule is CCc1cc(C(N)=O)n(C(C)C)n1. The standard InChI is InChI=1S/C9H15N3O/c1-4-7-5-8(9(10)13)12(11-7)6(2)3/h5-6H,4H2,1-3H3,(H2,10,13). The van der Waals surface area contributed by atoms with E-state index in [0.717, 1.165) is 12.1 Å². The summed E-state index contributed by atoms with van der Waals surface area (Å²) >= 11 is 0. The minimum atomic E-state index is -0.416. The first kappa shape index (κ1) is 9.77. The van der Waals surface area contributed by atoms with Gasteiger partial charge in [-0.1, -0.05) is 6.92 Å². The maximum absolute atomic E-state index is 11.0. The van der Waals surface area contributed by atoms with Crippen LogP contribution in [0.1, 0.15) is 43.0 Å². The number of hydrogen-bond donors (Lipinski definition) is 1. The van der Waals surface area contributed by atoms with Crippen LogP contribution in [0.15, 0.2) is 6.07 Å². The van der Waals surface area contributed by atoms with Gasteiger partial charge in [0.25, 0.3) is 5.91 Å². The first-order valence-electron chi connectivity index (χ1n) is 4.44. The summed E-state index contributed by atoms with van der Waals surface area (Å²) in [7, 11) is 0. The Balaban J connectivity index is 3.15. The number of hydrogen-bond acceptors (Lipinski definition) is 2. The molecule has 1 aromatic heterocycles. The third-order valence-electron chi connectivity index (χ3n) is 1.89. The molecular formula is C9H15N3O. The minimum Gasteiger partial charge on any atom is -0.364 e. The Kier molecular flexibility index (Phi) is 2.70. The van der Waals surface area contributed by atoms with Crippen LogP contribution in [0, 0.1) is 0 Å². The number of aryl methyl sites for hydroxylation is 1. The molecule has 0 fully saturated rings. The first-order chi connectivity index (χ1) is 6.06. The van der Waals surface area contributed by atoms with Crippen molar-refractivity contribution in [1.82, 2.24) is 9.78 Å². The molecule has 1 heterocycles. The van der Waals surface area contributed by atoms with E-state index in [9.17, 15) is 4.79 Å². The van der Waals surface area contributed by atoms with Gasteiger partial charge in [0.05, 0.1) is 5.69 Å². The van der Waals surface area contributed by atoms with Gasteiger partial charge in [-0.25, -0.2) is 0 Å². The first-order valence-corrected chi connectivity index (χ1v) is 4.44. The van der Waals surface area contributed by atoms with Gasteiger partial charge in [0.1, 0.15) is 5.69 Å². The highest BCUT2D eigenvalue weighted by atomic mass is 16.1. The van der Waals surface area contributed by atoms with Gasteiger partial charge in [-0.2, -0.15) is 5.10 Å². The average Bonchev–Trinajstić information content (AvgIpc) is 2.47. The van der Waals surface area contributed by atoms with Crippen molar-refractivity contribution in [2.24, 2.45) is 5.73 Å². The molecule has 13 heavy (non-hydrogen) atoms. The van der Waals surface area contributed by atoms with Crippen LogP contribution in [0.25, 0.3) is 0 Å². The highest BCUT2D eigenvalue weighted by molar-refractivity contribution is 5.91. The van der Waals surface area contributed by atoms with E-state index >= 15 is 0 Å². The topological polar surface area (TPSA) is 60.9 Å². The second-order valence-corrected chi connectivity index (χ2v) is 3.28. The van der Waals surface area contributed by atoms with Crippen molar-refractivity contribution in [3.63, 3.8) is 0 Å². The molecule has 1 rings (SSSR count). The number of carbonyl (C=O) groups is 1. The molecule has 0 saturated heterocycles. The molecule has 1 amide bonds. The molecule has 0 atom stereocenters. The minimum absolute atomic E-state index is 0.169. The van der Waals surface area contributed by atoms with E-state index in [1.54, 1.807) is 10.7 Å². The summed E-state index contributed by atoms with van der Waals surface area (Å²) in [5.74, 6) is -0.416. The molecule has 1 aromatic rings. The predicted octanol–water partition coefficient (Wildman–Crippen LogP) is 1.13. The molecule has 2 N–H and O–H groups in total. The van der Waals surface area contributed by atoms with Crippen LogP contribution in [0.5, 0.6) is 0 Å². The molecular weight excluding hydrogens is 166 g/mol. The molecule has 0 unspecified atom stereocenters. The lowest BCUT2D eigenvalue weighted by Gasteiger charge is -2.07. The third-order valence-corrected chi connectivity index (χ3v) is 1.89. The Morgan fingerprint density at radius 2 is 2.31 bits per heavy atom. The van der Waals surface area contributed by atoms with Crippen molar-refractivity contribution in [2.45, 2.75) is 33.2 Å². The number of nitrogens with two attached hydrogens (primary N) is 1. The lowest BCUT2D eigenvalue weighted by atomic mass is 10.3. The lowest BCUT2D eigenvalue weighted by Crippen LogP contribution is -2.18. The predicted molar refractivity (Wildman–Crippen MR) is 50.5 cm³/mol. The zero-order valence-corrected chi connectivity index (χ0v) is 8.24. The van der Waals surface area contributed by atoms with E-state index < -0.39 is 5.91 Å². The van der Waals surface area contributed by atoms with Crippen molar-refractivity contribution in [1.29, 1.82) is 0 Å². The fourth-order valence-electron chi connectivity index (χ4n) is 1.20. The normalized spacial score (nSPS) is 10.8. The highest BCUT2D eigenvalue weighted by Gasteiger charge is 2.13. The van der Waals surface area contributed by atoms with Gasteiger partial charge in [0.15, 0.2) is 0 Å². The molecule has 0 aliphatic heterocycles. The van der Waals surface area contributed by atoms with Gasteiger partial charge in [0.2, 0.25) is 0 Å². The number of rotatable bonds is 3. The Morgan fingerprint density at radius 1 is 1.69 bits per heavy atom. The van der Waals surface area contributed by atoms with Gasteiger partial charge >= 0.3 is 0 Å². The molecule has 0 aromatic carbocycles. The smallest absolute Gasteiger partial charge is 0.266 e. The molecule has 0 spiro atoms. The summed E-state index contributed by atoms with van der Waals surface area (Å²) in [6.45, 7) is 5.94. The fourth-order valence-corrected chi connectivity index (χ4v) is 1.20. The van der Waals surface area contributed by atoms with Crippen LogP contribution >= 0.6 is 0 Å². The molecule has 0 saturated carbocycles. The number of nitrogens with zero attached hydrogens (tertiary/aromatic N) is 2. The number of amides is 1. The van der Waals surface area contributed by atoms with Crippen molar-refractivity contribution in [3.05, 3.63) is 17.5 Å². The van der Waals surface area contributed by atoms with Crippen LogP contribution in [0.2, 0.25) is 0 Å². The number of carbonyl (C=O) groups excluding carboxylic acids is 1. The van der Waals surface area contributed by atoms with Gasteiger partial charge in [0, 0.05) is 6.04 Å². The van der Waals surface area contributed by atoms with Crippen molar-refractivity contribution < 1.29 is 4.79 Å². The van der Waals surface area contributed by atoms with Gasteiger partial charge in [-0.05, 0) is 26.3 Å². The molecule has 0 bridgehead atoms. The Bertz CT molecular complexity index is 315. The van der Waals surface area contributed by atoms with Crippen LogP contribution in [0.3, 0.4) is 0 Å².